The van der Waals surface area contributed by atoms with Crippen LogP contribution in [0.1, 0.15) is 29.0 Å². The molecule has 1 aliphatic rings. The van der Waals surface area contributed by atoms with Gasteiger partial charge in [-0.1, -0.05) is 12.1 Å². The molecule has 1 fully saturated rings. The minimum atomic E-state index is -0.220. The van der Waals surface area contributed by atoms with Crippen LogP contribution in [-0.4, -0.2) is 47.1 Å². The third-order valence-corrected chi connectivity index (χ3v) is 5.83. The third-order valence-electron chi connectivity index (χ3n) is 5.14. The molecule has 0 aliphatic carbocycles. The van der Waals surface area contributed by atoms with Gasteiger partial charge in [0, 0.05) is 17.6 Å². The summed E-state index contributed by atoms with van der Waals surface area (Å²) in [5, 5.41) is 0.522. The van der Waals surface area contributed by atoms with Crippen LogP contribution >= 0.6 is 15.9 Å². The van der Waals surface area contributed by atoms with E-state index in [1.54, 1.807) is 48.4 Å². The van der Waals surface area contributed by atoms with Gasteiger partial charge in [0.1, 0.15) is 11.6 Å². The van der Waals surface area contributed by atoms with Crippen molar-refractivity contribution in [3.05, 3.63) is 68.7 Å². The summed E-state index contributed by atoms with van der Waals surface area (Å²) in [6.07, 6.45) is 1.83. The smallest absolute Gasteiger partial charge is 0.258 e. The minimum Gasteiger partial charge on any atom is -0.497 e. The number of para-hydroxylation sites is 1. The number of nitrogens with zero attached hydrogens (tertiary/aromatic N) is 2. The maximum atomic E-state index is 13.4. The zero-order chi connectivity index (χ0) is 21.1. The van der Waals surface area contributed by atoms with Crippen molar-refractivity contribution in [1.29, 1.82) is 0 Å². The monoisotopic (exact) mass is 471 g/mol. The zero-order valence-electron chi connectivity index (χ0n) is 16.6. The van der Waals surface area contributed by atoms with Crippen LogP contribution in [-0.2, 0) is 11.3 Å². The number of carbonyl (C=O) groups excluding carboxylic acids is 1. The van der Waals surface area contributed by atoms with E-state index in [9.17, 15) is 9.59 Å². The summed E-state index contributed by atoms with van der Waals surface area (Å²) < 4.78 is 11.7. The molecule has 1 N–H and O–H groups in total. The second-order valence-electron chi connectivity index (χ2n) is 7.20. The van der Waals surface area contributed by atoms with Crippen molar-refractivity contribution < 1.29 is 14.3 Å². The van der Waals surface area contributed by atoms with Gasteiger partial charge in [0.2, 0.25) is 0 Å². The number of aromatic amines is 1. The molecule has 0 bridgehead atoms. The Bertz CT molecular complexity index is 1120. The van der Waals surface area contributed by atoms with Gasteiger partial charge in [-0.15, -0.1) is 0 Å². The molecule has 1 unspecified atom stereocenters. The van der Waals surface area contributed by atoms with E-state index < -0.39 is 0 Å². The summed E-state index contributed by atoms with van der Waals surface area (Å²) in [6, 6.07) is 12.4. The van der Waals surface area contributed by atoms with Crippen molar-refractivity contribution in [2.24, 2.45) is 0 Å². The number of carbonyl (C=O) groups is 1. The Kier molecular flexibility index (Phi) is 6.15. The Balaban J connectivity index is 1.68. The second-order valence-corrected chi connectivity index (χ2v) is 8.05. The zero-order valence-corrected chi connectivity index (χ0v) is 18.1. The standard InChI is InChI=1S/C22H22BrN3O4/c1-29-14-8-9-18(23)17(11-14)22(28)26(12-15-5-4-10-30-15)13-20-24-19-7-3-2-6-16(19)21(27)25-20/h2-3,6-9,11,15H,4-5,10,12-13H2,1H3,(H,24,25,27). The van der Waals surface area contributed by atoms with E-state index in [2.05, 4.69) is 25.9 Å². The maximum Gasteiger partial charge on any atom is 0.258 e. The predicted octanol–water partition coefficient (Wildman–Crippen LogP) is 3.52. The molecule has 2 aromatic carbocycles. The molecule has 7 nitrogen and oxygen atoms in total. The number of H-pyrrole nitrogens is 1. The number of aromatic nitrogens is 2. The summed E-state index contributed by atoms with van der Waals surface area (Å²) in [4.78, 5) is 34.9. The number of halogens is 1. The van der Waals surface area contributed by atoms with Gasteiger partial charge in [-0.25, -0.2) is 4.98 Å². The number of fused-ring (bicyclic) bond motifs is 1. The fraction of sp³-hybridized carbons (Fsp3) is 0.318. The van der Waals surface area contributed by atoms with Crippen LogP contribution in [0.5, 0.6) is 5.75 Å². The number of benzene rings is 2. The van der Waals surface area contributed by atoms with Crippen LogP contribution in [0, 0.1) is 0 Å². The van der Waals surface area contributed by atoms with E-state index >= 15 is 0 Å². The second kappa shape index (κ2) is 8.97. The maximum absolute atomic E-state index is 13.4. The lowest BCUT2D eigenvalue weighted by Crippen LogP contribution is -2.38. The summed E-state index contributed by atoms with van der Waals surface area (Å²) in [6.45, 7) is 1.28. The average Bonchev–Trinajstić information content (AvgIpc) is 3.26. The first-order valence-corrected chi connectivity index (χ1v) is 10.6. The quantitative estimate of drug-likeness (QED) is 0.594. The number of hydrogen-bond acceptors (Lipinski definition) is 5. The van der Waals surface area contributed by atoms with Crippen molar-refractivity contribution in [2.75, 3.05) is 20.3 Å². The molecular weight excluding hydrogens is 450 g/mol. The van der Waals surface area contributed by atoms with Crippen molar-refractivity contribution in [2.45, 2.75) is 25.5 Å². The fourth-order valence-corrected chi connectivity index (χ4v) is 4.03. The third kappa shape index (κ3) is 4.39. The van der Waals surface area contributed by atoms with Crippen LogP contribution in [0.25, 0.3) is 10.9 Å². The Morgan fingerprint density at radius 2 is 2.17 bits per heavy atom. The molecular formula is C22H22BrN3O4. The molecule has 2 heterocycles. The molecule has 1 amide bonds. The van der Waals surface area contributed by atoms with E-state index in [4.69, 9.17) is 9.47 Å². The lowest BCUT2D eigenvalue weighted by Gasteiger charge is -2.26. The molecule has 0 spiro atoms. The Morgan fingerprint density at radius 1 is 1.33 bits per heavy atom. The summed E-state index contributed by atoms with van der Waals surface area (Å²) in [7, 11) is 1.56. The SMILES string of the molecule is COc1ccc(Br)c(C(=O)N(Cc2nc3ccccc3c(=O)[nH]2)CC2CCCO2)c1. The molecule has 156 valence electrons. The van der Waals surface area contributed by atoms with E-state index in [0.29, 0.717) is 45.7 Å². The van der Waals surface area contributed by atoms with Gasteiger partial charge in [0.25, 0.3) is 11.5 Å². The average molecular weight is 472 g/mol. The number of methoxy groups -OCH3 is 1. The number of hydrogen-bond donors (Lipinski definition) is 1. The van der Waals surface area contributed by atoms with Gasteiger partial charge in [-0.2, -0.15) is 0 Å². The molecule has 4 rings (SSSR count). The minimum absolute atomic E-state index is 0.0366. The lowest BCUT2D eigenvalue weighted by atomic mass is 10.1. The van der Waals surface area contributed by atoms with Crippen LogP contribution in [0.2, 0.25) is 0 Å². The molecule has 1 aromatic heterocycles. The largest absolute Gasteiger partial charge is 0.497 e. The Morgan fingerprint density at radius 3 is 2.93 bits per heavy atom. The highest BCUT2D eigenvalue weighted by Gasteiger charge is 2.26. The van der Waals surface area contributed by atoms with Crippen molar-refractivity contribution in [3.8, 4) is 5.75 Å². The fourth-order valence-electron chi connectivity index (χ4n) is 3.61. The Labute approximate surface area is 182 Å². The van der Waals surface area contributed by atoms with Crippen molar-refractivity contribution in [3.63, 3.8) is 0 Å². The van der Waals surface area contributed by atoms with E-state index in [1.165, 1.54) is 0 Å². The number of nitrogens with one attached hydrogen (secondary N) is 1. The van der Waals surface area contributed by atoms with Crippen LogP contribution in [0.4, 0.5) is 0 Å². The van der Waals surface area contributed by atoms with Crippen molar-refractivity contribution >= 4 is 32.7 Å². The van der Waals surface area contributed by atoms with Crippen LogP contribution < -0.4 is 10.3 Å². The number of rotatable bonds is 6. The lowest BCUT2D eigenvalue weighted by molar-refractivity contribution is 0.0500. The highest BCUT2D eigenvalue weighted by Crippen LogP contribution is 2.25. The molecule has 8 heteroatoms. The van der Waals surface area contributed by atoms with E-state index in [0.717, 1.165) is 12.8 Å². The van der Waals surface area contributed by atoms with Gasteiger partial charge in [-0.05, 0) is 59.1 Å². The predicted molar refractivity (Wildman–Crippen MR) is 117 cm³/mol. The highest BCUT2D eigenvalue weighted by molar-refractivity contribution is 9.10. The number of ether oxygens (including phenoxy) is 2. The molecule has 0 saturated carbocycles. The first-order valence-electron chi connectivity index (χ1n) is 9.77. The molecule has 3 aromatic rings. The molecule has 1 atom stereocenters. The first-order chi connectivity index (χ1) is 14.5. The summed E-state index contributed by atoms with van der Waals surface area (Å²) in [5.41, 5.74) is 0.862. The summed E-state index contributed by atoms with van der Waals surface area (Å²) in [5.74, 6) is 0.840. The summed E-state index contributed by atoms with van der Waals surface area (Å²) >= 11 is 3.46. The van der Waals surface area contributed by atoms with Gasteiger partial charge in [-0.3, -0.25) is 9.59 Å². The number of amides is 1. The molecule has 30 heavy (non-hydrogen) atoms. The van der Waals surface area contributed by atoms with Gasteiger partial charge in [0.15, 0.2) is 0 Å². The molecule has 1 saturated heterocycles. The Hall–Kier alpha value is -2.71. The van der Waals surface area contributed by atoms with Gasteiger partial charge >= 0.3 is 0 Å². The first kappa shape index (κ1) is 20.6. The van der Waals surface area contributed by atoms with Crippen LogP contribution in [0.3, 0.4) is 0 Å². The molecule has 1 aliphatic heterocycles. The van der Waals surface area contributed by atoms with Crippen LogP contribution in [0.15, 0.2) is 51.7 Å². The van der Waals surface area contributed by atoms with Crippen molar-refractivity contribution in [1.82, 2.24) is 14.9 Å². The van der Waals surface area contributed by atoms with Gasteiger partial charge in [0.05, 0.1) is 36.2 Å². The molecule has 0 radical (unpaired) electrons. The van der Waals surface area contributed by atoms with E-state index in [1.807, 2.05) is 6.07 Å². The highest BCUT2D eigenvalue weighted by atomic mass is 79.9. The van der Waals surface area contributed by atoms with E-state index in [-0.39, 0.29) is 24.1 Å². The van der Waals surface area contributed by atoms with Gasteiger partial charge < -0.3 is 19.4 Å². The topological polar surface area (TPSA) is 84.5 Å². The normalized spacial score (nSPS) is 16.0.